The van der Waals surface area contributed by atoms with Gasteiger partial charge in [0.2, 0.25) is 0 Å². The zero-order valence-electron chi connectivity index (χ0n) is 21.4. The summed E-state index contributed by atoms with van der Waals surface area (Å²) in [6.45, 7) is 13.5. The van der Waals surface area contributed by atoms with Gasteiger partial charge in [0, 0.05) is 24.2 Å². The summed E-state index contributed by atoms with van der Waals surface area (Å²) in [5.41, 5.74) is 9.54. The highest BCUT2D eigenvalue weighted by Gasteiger charge is 2.15. The molecule has 174 valence electrons. The minimum absolute atomic E-state index is 0.141. The van der Waals surface area contributed by atoms with Crippen molar-refractivity contribution in [3.05, 3.63) is 119 Å². The maximum atomic E-state index is 4.96. The molecule has 0 aliphatic heterocycles. The van der Waals surface area contributed by atoms with Crippen LogP contribution in [-0.4, -0.2) is 9.97 Å². The van der Waals surface area contributed by atoms with Crippen LogP contribution in [0.1, 0.15) is 75.2 Å². The Morgan fingerprint density at radius 3 is 1.26 bits per heavy atom. The lowest BCUT2D eigenvalue weighted by atomic mass is 9.86. The van der Waals surface area contributed by atoms with E-state index in [0.717, 1.165) is 35.6 Å². The number of rotatable bonds is 5. The van der Waals surface area contributed by atoms with Gasteiger partial charge in [-0.3, -0.25) is 9.97 Å². The van der Waals surface area contributed by atoms with Gasteiger partial charge in [-0.25, -0.2) is 0 Å². The van der Waals surface area contributed by atoms with Gasteiger partial charge >= 0.3 is 0 Å². The maximum Gasteiger partial charge on any atom is 0.0889 e. The molecular formula is C32H36N2. The average molecular weight is 449 g/mol. The van der Waals surface area contributed by atoms with Gasteiger partial charge in [-0.2, -0.15) is 0 Å². The Morgan fingerprint density at radius 1 is 0.500 bits per heavy atom. The van der Waals surface area contributed by atoms with Crippen LogP contribution in [0.2, 0.25) is 0 Å². The molecule has 2 aromatic heterocycles. The molecule has 2 aromatic carbocycles. The number of aromatic nitrogens is 2. The van der Waals surface area contributed by atoms with Gasteiger partial charge in [0.25, 0.3) is 0 Å². The predicted octanol–water partition coefficient (Wildman–Crippen LogP) is 7.92. The first-order valence-corrected chi connectivity index (χ1v) is 12.2. The summed E-state index contributed by atoms with van der Waals surface area (Å²) in [4.78, 5) is 9.92. The quantitative estimate of drug-likeness (QED) is 0.310. The van der Waals surface area contributed by atoms with E-state index in [4.69, 9.17) is 9.97 Å². The van der Waals surface area contributed by atoms with Crippen LogP contribution >= 0.6 is 0 Å². The molecule has 0 fully saturated rings. The Bertz CT molecular complexity index is 1170. The molecule has 0 aliphatic carbocycles. The summed E-state index contributed by atoms with van der Waals surface area (Å²) < 4.78 is 0. The first kappa shape index (κ1) is 23.9. The van der Waals surface area contributed by atoms with E-state index in [1.807, 2.05) is 0 Å². The van der Waals surface area contributed by atoms with Crippen molar-refractivity contribution in [2.24, 2.45) is 0 Å². The van der Waals surface area contributed by atoms with Crippen LogP contribution in [0.5, 0.6) is 0 Å². The zero-order valence-corrected chi connectivity index (χ0v) is 21.4. The van der Waals surface area contributed by atoms with Crippen LogP contribution in [0.15, 0.2) is 84.9 Å². The Balaban J connectivity index is 1.55. The van der Waals surface area contributed by atoms with E-state index in [9.17, 15) is 0 Å². The van der Waals surface area contributed by atoms with Crippen LogP contribution in [0, 0.1) is 0 Å². The van der Waals surface area contributed by atoms with Crippen LogP contribution < -0.4 is 0 Å². The summed E-state index contributed by atoms with van der Waals surface area (Å²) in [7, 11) is 0. The minimum Gasteiger partial charge on any atom is -0.251 e. The van der Waals surface area contributed by atoms with E-state index in [1.165, 1.54) is 22.3 Å². The van der Waals surface area contributed by atoms with Crippen LogP contribution in [-0.2, 0) is 23.7 Å². The molecule has 0 saturated carbocycles. The van der Waals surface area contributed by atoms with Crippen LogP contribution in [0.4, 0.5) is 0 Å². The molecule has 4 aromatic rings. The highest BCUT2D eigenvalue weighted by molar-refractivity contribution is 5.54. The highest BCUT2D eigenvalue weighted by Crippen LogP contribution is 2.25. The summed E-state index contributed by atoms with van der Waals surface area (Å²) >= 11 is 0. The highest BCUT2D eigenvalue weighted by atomic mass is 14.8. The third kappa shape index (κ3) is 5.99. The molecule has 0 N–H and O–H groups in total. The number of nitrogens with zero attached hydrogens (tertiary/aromatic N) is 2. The van der Waals surface area contributed by atoms with Gasteiger partial charge in [-0.05, 0) is 57.3 Å². The van der Waals surface area contributed by atoms with Crippen molar-refractivity contribution in [3.63, 3.8) is 0 Å². The van der Waals surface area contributed by atoms with Gasteiger partial charge < -0.3 is 0 Å². The summed E-state index contributed by atoms with van der Waals surface area (Å²) in [6.07, 6.45) is 1.63. The van der Waals surface area contributed by atoms with Crippen molar-refractivity contribution in [2.45, 2.75) is 65.2 Å². The molecule has 2 nitrogen and oxygen atoms in total. The number of hydrogen-bond acceptors (Lipinski definition) is 2. The normalized spacial score (nSPS) is 12.1. The molecule has 0 unspecified atom stereocenters. The third-order valence-electron chi connectivity index (χ3n) is 6.23. The number of pyridine rings is 2. The van der Waals surface area contributed by atoms with E-state index in [0.29, 0.717) is 0 Å². The molecule has 0 atom stereocenters. The van der Waals surface area contributed by atoms with E-state index >= 15 is 0 Å². The molecule has 4 rings (SSSR count). The summed E-state index contributed by atoms with van der Waals surface area (Å²) in [6, 6.07) is 30.2. The van der Waals surface area contributed by atoms with Crippen LogP contribution in [0.3, 0.4) is 0 Å². The smallest absolute Gasteiger partial charge is 0.0889 e. The van der Waals surface area contributed by atoms with Gasteiger partial charge in [0.15, 0.2) is 0 Å². The summed E-state index contributed by atoms with van der Waals surface area (Å²) in [5, 5.41) is 0. The SMILES string of the molecule is CC(C)(C)c1cccc(Cc2cccc(-c3cccc(Cc4cccc(C(C)(C)C)c4)n3)n2)c1. The lowest BCUT2D eigenvalue weighted by Crippen LogP contribution is -2.11. The van der Waals surface area contributed by atoms with Crippen molar-refractivity contribution in [2.75, 3.05) is 0 Å². The minimum atomic E-state index is 0.141. The topological polar surface area (TPSA) is 25.8 Å². The largest absolute Gasteiger partial charge is 0.251 e. The van der Waals surface area contributed by atoms with Gasteiger partial charge in [0.1, 0.15) is 0 Å². The molecular weight excluding hydrogens is 412 g/mol. The maximum absolute atomic E-state index is 4.96. The van der Waals surface area contributed by atoms with E-state index in [1.54, 1.807) is 0 Å². The van der Waals surface area contributed by atoms with Crippen LogP contribution in [0.25, 0.3) is 11.4 Å². The van der Waals surface area contributed by atoms with Crippen molar-refractivity contribution in [1.29, 1.82) is 0 Å². The molecule has 0 saturated heterocycles. The van der Waals surface area contributed by atoms with E-state index in [-0.39, 0.29) is 10.8 Å². The summed E-state index contributed by atoms with van der Waals surface area (Å²) in [5.74, 6) is 0. The second kappa shape index (κ2) is 9.54. The number of benzene rings is 2. The van der Waals surface area contributed by atoms with Gasteiger partial charge in [0.05, 0.1) is 11.4 Å². The number of hydrogen-bond donors (Lipinski definition) is 0. The fourth-order valence-electron chi connectivity index (χ4n) is 4.16. The van der Waals surface area contributed by atoms with Crippen molar-refractivity contribution in [1.82, 2.24) is 9.97 Å². The second-order valence-electron chi connectivity index (χ2n) is 11.3. The molecule has 0 bridgehead atoms. The monoisotopic (exact) mass is 448 g/mol. The molecule has 0 spiro atoms. The standard InChI is InChI=1S/C32H36N2/c1-31(2,3)25-13-7-11-23(19-25)21-27-15-9-17-29(33-27)30-18-10-16-28(34-30)22-24-12-8-14-26(20-24)32(4,5)6/h7-20H,21-22H2,1-6H3. The predicted molar refractivity (Wildman–Crippen MR) is 143 cm³/mol. The molecule has 0 amide bonds. The van der Waals surface area contributed by atoms with E-state index in [2.05, 4.69) is 126 Å². The zero-order chi connectivity index (χ0) is 24.3. The lowest BCUT2D eigenvalue weighted by molar-refractivity contribution is 0.589. The Labute approximate surface area is 205 Å². The fourth-order valence-corrected chi connectivity index (χ4v) is 4.16. The lowest BCUT2D eigenvalue weighted by Gasteiger charge is -2.20. The Morgan fingerprint density at radius 2 is 0.882 bits per heavy atom. The molecule has 2 heterocycles. The van der Waals surface area contributed by atoms with Crippen molar-refractivity contribution >= 4 is 0 Å². The van der Waals surface area contributed by atoms with Crippen molar-refractivity contribution in [3.8, 4) is 11.4 Å². The molecule has 34 heavy (non-hydrogen) atoms. The Kier molecular flexibility index (Phi) is 6.70. The molecule has 2 heteroatoms. The Hall–Kier alpha value is -3.26. The third-order valence-corrected chi connectivity index (χ3v) is 6.23. The molecule has 0 aliphatic rings. The van der Waals surface area contributed by atoms with Crippen molar-refractivity contribution < 1.29 is 0 Å². The average Bonchev–Trinajstić information content (AvgIpc) is 2.79. The van der Waals surface area contributed by atoms with Gasteiger partial charge in [-0.1, -0.05) is 102 Å². The fraction of sp³-hybridized carbons (Fsp3) is 0.312. The molecule has 0 radical (unpaired) electrons. The van der Waals surface area contributed by atoms with E-state index < -0.39 is 0 Å². The second-order valence-corrected chi connectivity index (χ2v) is 11.3. The first-order valence-electron chi connectivity index (χ1n) is 12.2. The van der Waals surface area contributed by atoms with Gasteiger partial charge in [-0.15, -0.1) is 0 Å². The first-order chi connectivity index (χ1) is 16.1.